The van der Waals surface area contributed by atoms with Crippen LogP contribution in [0.3, 0.4) is 0 Å². The Morgan fingerprint density at radius 2 is 1.27 bits per heavy atom. The summed E-state index contributed by atoms with van der Waals surface area (Å²) in [5.41, 5.74) is 0. The molecule has 0 saturated carbocycles. The van der Waals surface area contributed by atoms with Crippen LogP contribution in [0, 0.1) is 0 Å². The first-order valence-corrected chi connectivity index (χ1v) is 4.10. The molecule has 0 aliphatic rings. The highest BCUT2D eigenvalue weighted by atomic mass is 16.5. The van der Waals surface area contributed by atoms with E-state index < -0.39 is 0 Å². The molecule has 0 fully saturated rings. The molecule has 11 heavy (non-hydrogen) atoms. The molecule has 68 valence electrons. The van der Waals surface area contributed by atoms with Gasteiger partial charge >= 0.3 is 0 Å². The zero-order valence-corrected chi connectivity index (χ0v) is 8.09. The second-order valence-electron chi connectivity index (χ2n) is 3.18. The van der Waals surface area contributed by atoms with Crippen LogP contribution in [0.4, 0.5) is 0 Å². The number of hydrogen-bond acceptors (Lipinski definition) is 2. The highest BCUT2D eigenvalue weighted by Crippen LogP contribution is 1.97. The third-order valence-corrected chi connectivity index (χ3v) is 1.29. The fraction of sp³-hybridized carbons (Fsp3) is 1.00. The van der Waals surface area contributed by atoms with Gasteiger partial charge < -0.3 is 9.47 Å². The first-order chi connectivity index (χ1) is 5.12. The lowest BCUT2D eigenvalue weighted by atomic mass is 10.7. The van der Waals surface area contributed by atoms with Crippen molar-refractivity contribution in [3.8, 4) is 0 Å². The zero-order valence-electron chi connectivity index (χ0n) is 8.09. The van der Waals surface area contributed by atoms with E-state index in [1.165, 1.54) is 0 Å². The molecule has 0 unspecified atom stereocenters. The monoisotopic (exact) mass is 162 g/mol. The van der Waals surface area contributed by atoms with E-state index in [2.05, 4.69) is 14.1 Å². The third-order valence-electron chi connectivity index (χ3n) is 1.29. The summed E-state index contributed by atoms with van der Waals surface area (Å²) >= 11 is 0. The van der Waals surface area contributed by atoms with Crippen LogP contribution >= 0.6 is 0 Å². The summed E-state index contributed by atoms with van der Waals surface area (Å²) in [6.07, 6.45) is 0. The largest absolute Gasteiger partial charge is 0.332 e. The van der Waals surface area contributed by atoms with Gasteiger partial charge in [0.2, 0.25) is 0 Å². The lowest BCUT2D eigenvalue weighted by Crippen LogP contribution is -2.43. The number of ether oxygens (including phenoxy) is 2. The normalized spacial score (nSPS) is 12.0. The number of nitrogens with zero attached hydrogens (tertiary/aromatic N) is 1. The van der Waals surface area contributed by atoms with Gasteiger partial charge in [0, 0.05) is 13.2 Å². The number of rotatable bonds is 6. The van der Waals surface area contributed by atoms with E-state index in [4.69, 9.17) is 9.47 Å². The molecule has 0 aliphatic heterocycles. The maximum Gasteiger partial charge on any atom is 0.184 e. The number of quaternary nitrogens is 1. The van der Waals surface area contributed by atoms with Crippen LogP contribution in [-0.4, -0.2) is 45.3 Å². The first kappa shape index (κ1) is 10.9. The summed E-state index contributed by atoms with van der Waals surface area (Å²) in [6.45, 7) is 6.98. The third kappa shape index (κ3) is 6.28. The van der Waals surface area contributed by atoms with E-state index in [0.29, 0.717) is 0 Å². The Morgan fingerprint density at radius 3 is 1.55 bits per heavy atom. The molecule has 0 bridgehead atoms. The molecule has 0 aromatic heterocycles. The Morgan fingerprint density at radius 1 is 0.909 bits per heavy atom. The van der Waals surface area contributed by atoms with Gasteiger partial charge in [-0.15, -0.1) is 0 Å². The molecule has 0 aliphatic carbocycles. The van der Waals surface area contributed by atoms with Crippen LogP contribution in [0.25, 0.3) is 0 Å². The van der Waals surface area contributed by atoms with Crippen molar-refractivity contribution in [2.24, 2.45) is 0 Å². The Hall–Kier alpha value is -0.120. The summed E-state index contributed by atoms with van der Waals surface area (Å²) in [5, 5.41) is 0. The maximum absolute atomic E-state index is 5.29. The van der Waals surface area contributed by atoms with Crippen LogP contribution in [-0.2, 0) is 9.47 Å². The van der Waals surface area contributed by atoms with Gasteiger partial charge in [-0.1, -0.05) is 0 Å². The molecule has 0 heterocycles. The average Bonchev–Trinajstić information content (AvgIpc) is 1.97. The van der Waals surface area contributed by atoms with E-state index in [1.807, 2.05) is 13.8 Å². The van der Waals surface area contributed by atoms with Crippen LogP contribution in [0.15, 0.2) is 0 Å². The van der Waals surface area contributed by atoms with Gasteiger partial charge in [0.25, 0.3) is 0 Å². The molecular weight excluding hydrogens is 142 g/mol. The molecule has 3 nitrogen and oxygen atoms in total. The van der Waals surface area contributed by atoms with E-state index in [0.717, 1.165) is 31.2 Å². The molecule has 3 heteroatoms. The molecule has 0 aromatic rings. The van der Waals surface area contributed by atoms with Gasteiger partial charge in [-0.2, -0.15) is 0 Å². The summed E-state index contributed by atoms with van der Waals surface area (Å²) in [4.78, 5) is 0. The highest BCUT2D eigenvalue weighted by molar-refractivity contribution is 4.15. The molecule has 0 saturated heterocycles. The van der Waals surface area contributed by atoms with Crippen molar-refractivity contribution >= 4 is 0 Å². The van der Waals surface area contributed by atoms with Gasteiger partial charge in [-0.3, -0.25) is 4.48 Å². The summed E-state index contributed by atoms with van der Waals surface area (Å²) in [5.74, 6) is 0. The molecule has 0 N–H and O–H groups in total. The van der Waals surface area contributed by atoms with Crippen LogP contribution in [0.1, 0.15) is 13.8 Å². The lowest BCUT2D eigenvalue weighted by Gasteiger charge is -2.28. The molecule has 0 radical (unpaired) electrons. The Balaban J connectivity index is 3.43. The summed E-state index contributed by atoms with van der Waals surface area (Å²) in [7, 11) is 4.18. The van der Waals surface area contributed by atoms with Gasteiger partial charge in [0.15, 0.2) is 13.5 Å². The second kappa shape index (κ2) is 5.52. The minimum Gasteiger partial charge on any atom is -0.332 e. The Kier molecular flexibility index (Phi) is 5.46. The topological polar surface area (TPSA) is 18.5 Å². The minimum absolute atomic E-state index is 0.719. The van der Waals surface area contributed by atoms with Crippen molar-refractivity contribution in [3.05, 3.63) is 0 Å². The van der Waals surface area contributed by atoms with Crippen molar-refractivity contribution in [1.82, 2.24) is 0 Å². The van der Waals surface area contributed by atoms with Gasteiger partial charge in [0.1, 0.15) is 0 Å². The first-order valence-electron chi connectivity index (χ1n) is 4.10. The van der Waals surface area contributed by atoms with Crippen molar-refractivity contribution in [1.29, 1.82) is 0 Å². The second-order valence-corrected chi connectivity index (χ2v) is 3.18. The molecule has 0 spiro atoms. The standard InChI is InChI=1S/C8H20NO2/c1-5-10-7-9(3,4)8-11-6-2/h5-8H2,1-4H3/q+1. The molecule has 0 rings (SSSR count). The average molecular weight is 162 g/mol. The number of hydrogen-bond donors (Lipinski definition) is 0. The highest BCUT2D eigenvalue weighted by Gasteiger charge is 2.13. The van der Waals surface area contributed by atoms with Crippen LogP contribution in [0.5, 0.6) is 0 Å². The minimum atomic E-state index is 0.719. The zero-order chi connectivity index (χ0) is 8.74. The smallest absolute Gasteiger partial charge is 0.184 e. The molecule has 0 amide bonds. The SMILES string of the molecule is CCOC[N+](C)(C)COCC. The van der Waals surface area contributed by atoms with Crippen molar-refractivity contribution in [2.75, 3.05) is 40.8 Å². The summed E-state index contributed by atoms with van der Waals surface area (Å²) < 4.78 is 11.3. The molecule has 0 aromatic carbocycles. The molecule has 0 atom stereocenters. The van der Waals surface area contributed by atoms with Crippen LogP contribution in [0.2, 0.25) is 0 Å². The Bertz CT molecular complexity index is 84.1. The van der Waals surface area contributed by atoms with Crippen molar-refractivity contribution < 1.29 is 14.0 Å². The molecular formula is C8H20NO2+. The van der Waals surface area contributed by atoms with E-state index in [1.54, 1.807) is 0 Å². The van der Waals surface area contributed by atoms with E-state index in [-0.39, 0.29) is 0 Å². The van der Waals surface area contributed by atoms with E-state index >= 15 is 0 Å². The van der Waals surface area contributed by atoms with Gasteiger partial charge in [-0.25, -0.2) is 0 Å². The summed E-state index contributed by atoms with van der Waals surface area (Å²) in [6, 6.07) is 0. The fourth-order valence-corrected chi connectivity index (χ4v) is 0.714. The predicted octanol–water partition coefficient (Wildman–Crippen LogP) is 1.05. The van der Waals surface area contributed by atoms with Crippen molar-refractivity contribution in [3.63, 3.8) is 0 Å². The van der Waals surface area contributed by atoms with Gasteiger partial charge in [-0.05, 0) is 13.8 Å². The predicted molar refractivity (Wildman–Crippen MR) is 45.1 cm³/mol. The quantitative estimate of drug-likeness (QED) is 0.429. The van der Waals surface area contributed by atoms with E-state index in [9.17, 15) is 0 Å². The van der Waals surface area contributed by atoms with Gasteiger partial charge in [0.05, 0.1) is 14.1 Å². The lowest BCUT2D eigenvalue weighted by molar-refractivity contribution is -0.927. The fourth-order valence-electron chi connectivity index (χ4n) is 0.714. The maximum atomic E-state index is 5.29. The Labute approximate surface area is 69.5 Å². The van der Waals surface area contributed by atoms with Crippen LogP contribution < -0.4 is 0 Å². The van der Waals surface area contributed by atoms with Crippen molar-refractivity contribution in [2.45, 2.75) is 13.8 Å².